The summed E-state index contributed by atoms with van der Waals surface area (Å²) in [6.07, 6.45) is 7.20. The van der Waals surface area contributed by atoms with Gasteiger partial charge in [-0.1, -0.05) is 30.3 Å². The van der Waals surface area contributed by atoms with E-state index in [4.69, 9.17) is 0 Å². The average Bonchev–Trinajstić information content (AvgIpc) is 3.06. The van der Waals surface area contributed by atoms with Crippen molar-refractivity contribution in [3.63, 3.8) is 0 Å². The van der Waals surface area contributed by atoms with Gasteiger partial charge in [-0.2, -0.15) is 0 Å². The van der Waals surface area contributed by atoms with E-state index in [1.807, 2.05) is 0 Å². The largest absolute Gasteiger partial charge is 0.300 e. The Labute approximate surface area is 110 Å². The van der Waals surface area contributed by atoms with Crippen LogP contribution in [0.5, 0.6) is 0 Å². The zero-order valence-corrected chi connectivity index (χ0v) is 11.1. The first-order chi connectivity index (χ1) is 8.90. The van der Waals surface area contributed by atoms with Gasteiger partial charge in [0.2, 0.25) is 0 Å². The van der Waals surface area contributed by atoms with Crippen LogP contribution in [0.3, 0.4) is 0 Å². The van der Waals surface area contributed by atoms with Gasteiger partial charge in [0.1, 0.15) is 0 Å². The Hall–Kier alpha value is -0.820. The Morgan fingerprint density at radius 2 is 1.50 bits per heavy atom. The predicted octanol–water partition coefficient (Wildman–Crippen LogP) is 3.66. The number of fused-ring (bicyclic) bond motifs is 1. The van der Waals surface area contributed by atoms with Crippen molar-refractivity contribution < 1.29 is 0 Å². The molecule has 1 aliphatic heterocycles. The molecule has 0 aromatic heterocycles. The molecule has 96 valence electrons. The summed E-state index contributed by atoms with van der Waals surface area (Å²) >= 11 is 0. The van der Waals surface area contributed by atoms with Gasteiger partial charge in [-0.3, -0.25) is 4.90 Å². The van der Waals surface area contributed by atoms with Crippen LogP contribution in [0, 0.1) is 11.8 Å². The maximum Gasteiger partial charge on any atom is 0.00959 e. The van der Waals surface area contributed by atoms with Crippen molar-refractivity contribution in [3.8, 4) is 0 Å². The maximum atomic E-state index is 2.81. The van der Waals surface area contributed by atoms with E-state index in [2.05, 4.69) is 35.2 Å². The third-order valence-corrected chi connectivity index (χ3v) is 5.49. The first-order valence-corrected chi connectivity index (χ1v) is 7.69. The molecule has 1 heteroatoms. The van der Waals surface area contributed by atoms with Gasteiger partial charge >= 0.3 is 0 Å². The average molecular weight is 241 g/mol. The summed E-state index contributed by atoms with van der Waals surface area (Å²) in [5, 5.41) is 0. The molecule has 0 bridgehead atoms. The van der Waals surface area contributed by atoms with Crippen LogP contribution in [0.25, 0.3) is 0 Å². The van der Waals surface area contributed by atoms with Crippen molar-refractivity contribution in [2.24, 2.45) is 11.8 Å². The molecule has 2 saturated carbocycles. The molecule has 0 amide bonds. The predicted molar refractivity (Wildman–Crippen MR) is 74.6 cm³/mol. The highest BCUT2D eigenvalue weighted by Gasteiger charge is 2.46. The number of piperidine rings is 1. The minimum absolute atomic E-state index is 0.833. The Bertz CT molecular complexity index is 395. The lowest BCUT2D eigenvalue weighted by Crippen LogP contribution is -2.37. The molecular formula is C17H23N. The van der Waals surface area contributed by atoms with Crippen molar-refractivity contribution in [2.45, 2.75) is 44.1 Å². The van der Waals surface area contributed by atoms with Gasteiger partial charge in [-0.15, -0.1) is 0 Å². The molecule has 1 aromatic rings. The molecule has 18 heavy (non-hydrogen) atoms. The lowest BCUT2D eigenvalue weighted by atomic mass is 9.81. The van der Waals surface area contributed by atoms with E-state index in [0.717, 1.165) is 23.8 Å². The Balaban J connectivity index is 1.35. The number of likely N-dealkylation sites (tertiary alicyclic amines) is 1. The number of hydrogen-bond acceptors (Lipinski definition) is 1. The molecular weight excluding hydrogens is 218 g/mol. The molecule has 2 atom stereocenters. The molecule has 3 fully saturated rings. The quantitative estimate of drug-likeness (QED) is 0.763. The molecule has 0 N–H and O–H groups in total. The molecule has 1 nitrogen and oxygen atoms in total. The topological polar surface area (TPSA) is 3.24 Å². The van der Waals surface area contributed by atoms with Gasteiger partial charge in [-0.25, -0.2) is 0 Å². The smallest absolute Gasteiger partial charge is 0.00959 e. The highest BCUT2D eigenvalue weighted by molar-refractivity contribution is 5.20. The summed E-state index contributed by atoms with van der Waals surface area (Å²) in [6.45, 7) is 2.84. The van der Waals surface area contributed by atoms with Crippen molar-refractivity contribution in [2.75, 3.05) is 13.1 Å². The molecule has 2 aliphatic carbocycles. The fourth-order valence-electron chi connectivity index (χ4n) is 4.23. The third kappa shape index (κ3) is 1.99. The molecule has 3 aliphatic rings. The maximum absolute atomic E-state index is 2.81. The normalized spacial score (nSPS) is 39.6. The fraction of sp³-hybridized carbons (Fsp3) is 0.647. The summed E-state index contributed by atoms with van der Waals surface area (Å²) < 4.78 is 0. The molecule has 0 radical (unpaired) electrons. The number of rotatable bonds is 2. The van der Waals surface area contributed by atoms with Crippen molar-refractivity contribution >= 4 is 0 Å². The van der Waals surface area contributed by atoms with Gasteiger partial charge in [0, 0.05) is 19.1 Å². The second-order valence-corrected chi connectivity index (χ2v) is 6.63. The van der Waals surface area contributed by atoms with Crippen LogP contribution >= 0.6 is 0 Å². The second kappa shape index (κ2) is 4.38. The molecule has 0 spiro atoms. The summed E-state index contributed by atoms with van der Waals surface area (Å²) in [4.78, 5) is 2.81. The third-order valence-electron chi connectivity index (χ3n) is 5.49. The number of benzene rings is 1. The highest BCUT2D eigenvalue weighted by atomic mass is 15.2. The van der Waals surface area contributed by atoms with E-state index in [1.165, 1.54) is 45.2 Å². The van der Waals surface area contributed by atoms with Gasteiger partial charge in [0.15, 0.2) is 0 Å². The molecule has 1 unspecified atom stereocenters. The van der Waals surface area contributed by atoms with E-state index in [1.54, 1.807) is 5.56 Å². The molecule has 1 aromatic carbocycles. The minimum atomic E-state index is 0.833. The van der Waals surface area contributed by atoms with Gasteiger partial charge in [-0.05, 0) is 55.4 Å². The van der Waals surface area contributed by atoms with Crippen LogP contribution in [-0.2, 0) is 0 Å². The standard InChI is InChI=1S/C17H23N/c1-2-4-13(5-3-1)14-6-8-17(9-7-14)18-11-15-10-16(15)12-18/h1-5,14-17H,6-12H2/t14?,15-,16?,17?/m0/s1. The Morgan fingerprint density at radius 1 is 0.833 bits per heavy atom. The van der Waals surface area contributed by atoms with Crippen molar-refractivity contribution in [1.29, 1.82) is 0 Å². The van der Waals surface area contributed by atoms with Crippen LogP contribution in [0.4, 0.5) is 0 Å². The van der Waals surface area contributed by atoms with Crippen LogP contribution in [0.2, 0.25) is 0 Å². The zero-order valence-electron chi connectivity index (χ0n) is 11.1. The number of nitrogens with zero attached hydrogens (tertiary/aromatic N) is 1. The molecule has 1 heterocycles. The molecule has 1 saturated heterocycles. The zero-order chi connectivity index (χ0) is 11.9. The summed E-state index contributed by atoms with van der Waals surface area (Å²) in [5.74, 6) is 3.02. The first kappa shape index (κ1) is 11.0. The van der Waals surface area contributed by atoms with E-state index >= 15 is 0 Å². The van der Waals surface area contributed by atoms with Gasteiger partial charge in [0.05, 0.1) is 0 Å². The SMILES string of the molecule is c1ccc(C2CCC(N3CC4C[C@H]4C3)CC2)cc1. The van der Waals surface area contributed by atoms with Crippen molar-refractivity contribution in [3.05, 3.63) is 35.9 Å². The fourth-order valence-corrected chi connectivity index (χ4v) is 4.23. The van der Waals surface area contributed by atoms with Crippen LogP contribution in [0.15, 0.2) is 30.3 Å². The molecule has 4 rings (SSSR count). The van der Waals surface area contributed by atoms with Crippen LogP contribution in [-0.4, -0.2) is 24.0 Å². The Kier molecular flexibility index (Phi) is 2.69. The van der Waals surface area contributed by atoms with E-state index in [-0.39, 0.29) is 0 Å². The van der Waals surface area contributed by atoms with Crippen molar-refractivity contribution in [1.82, 2.24) is 4.90 Å². The minimum Gasteiger partial charge on any atom is -0.300 e. The lowest BCUT2D eigenvalue weighted by Gasteiger charge is -2.35. The number of hydrogen-bond donors (Lipinski definition) is 0. The second-order valence-electron chi connectivity index (χ2n) is 6.63. The van der Waals surface area contributed by atoms with Crippen LogP contribution in [0.1, 0.15) is 43.6 Å². The summed E-state index contributed by atoms with van der Waals surface area (Å²) in [7, 11) is 0. The highest BCUT2D eigenvalue weighted by Crippen LogP contribution is 2.47. The van der Waals surface area contributed by atoms with Gasteiger partial charge in [0.25, 0.3) is 0 Å². The Morgan fingerprint density at radius 3 is 2.17 bits per heavy atom. The first-order valence-electron chi connectivity index (χ1n) is 7.69. The van der Waals surface area contributed by atoms with E-state index < -0.39 is 0 Å². The summed E-state index contributed by atoms with van der Waals surface area (Å²) in [6, 6.07) is 12.1. The monoisotopic (exact) mass is 241 g/mol. The lowest BCUT2D eigenvalue weighted by molar-refractivity contribution is 0.166. The van der Waals surface area contributed by atoms with E-state index in [0.29, 0.717) is 0 Å². The summed E-state index contributed by atoms with van der Waals surface area (Å²) in [5.41, 5.74) is 1.57. The van der Waals surface area contributed by atoms with E-state index in [9.17, 15) is 0 Å². The van der Waals surface area contributed by atoms with Gasteiger partial charge < -0.3 is 0 Å². The van der Waals surface area contributed by atoms with Crippen LogP contribution < -0.4 is 0 Å².